The van der Waals surface area contributed by atoms with Crippen LogP contribution in [0.4, 0.5) is 5.69 Å². The van der Waals surface area contributed by atoms with Gasteiger partial charge in [0.25, 0.3) is 0 Å². The lowest BCUT2D eigenvalue weighted by Crippen LogP contribution is -1.86. The minimum Gasteiger partial charge on any atom is -0.236 e. The number of nitriles is 1. The first-order valence-corrected chi connectivity index (χ1v) is 7.85. The third-order valence-corrected chi connectivity index (χ3v) is 4.83. The molecule has 1 heterocycles. The topological polar surface area (TPSA) is 49.0 Å². The molecule has 0 saturated carbocycles. The zero-order valence-corrected chi connectivity index (χ0v) is 13.7. The largest absolute Gasteiger partial charge is 0.236 e. The number of thiocarbonyl (C=S) groups is 1. The SMILES string of the molecule is Cc1cc(C#N)c(C)c2sc(-c3ccc(N=C=S)cc3)nc12. The highest BCUT2D eigenvalue weighted by Gasteiger charge is 2.13. The normalized spacial score (nSPS) is 10.2. The summed E-state index contributed by atoms with van der Waals surface area (Å²) in [6.45, 7) is 3.96. The molecule has 5 heteroatoms. The second-order valence-electron chi connectivity index (χ2n) is 4.92. The molecule has 0 spiro atoms. The molecule has 0 aliphatic carbocycles. The van der Waals surface area contributed by atoms with Gasteiger partial charge in [-0.05, 0) is 67.5 Å². The molecule has 0 aliphatic rings. The number of fused-ring (bicyclic) bond motifs is 1. The molecule has 3 rings (SSSR count). The number of hydrogen-bond donors (Lipinski definition) is 0. The van der Waals surface area contributed by atoms with E-state index in [9.17, 15) is 5.26 Å². The summed E-state index contributed by atoms with van der Waals surface area (Å²) in [7, 11) is 0. The van der Waals surface area contributed by atoms with E-state index >= 15 is 0 Å². The number of nitrogens with zero attached hydrogens (tertiary/aromatic N) is 3. The molecule has 3 aromatic rings. The highest BCUT2D eigenvalue weighted by molar-refractivity contribution is 7.78. The van der Waals surface area contributed by atoms with E-state index in [0.717, 1.165) is 37.6 Å². The van der Waals surface area contributed by atoms with Gasteiger partial charge in [-0.15, -0.1) is 11.3 Å². The predicted molar refractivity (Wildman–Crippen MR) is 93.9 cm³/mol. The molecule has 2 aromatic carbocycles. The monoisotopic (exact) mass is 321 g/mol. The van der Waals surface area contributed by atoms with Crippen LogP contribution in [-0.2, 0) is 0 Å². The zero-order valence-electron chi connectivity index (χ0n) is 12.0. The van der Waals surface area contributed by atoms with Crippen LogP contribution in [0.3, 0.4) is 0 Å². The Hall–Kier alpha value is -2.38. The zero-order chi connectivity index (χ0) is 15.7. The van der Waals surface area contributed by atoms with E-state index in [4.69, 9.17) is 4.98 Å². The summed E-state index contributed by atoms with van der Waals surface area (Å²) >= 11 is 6.21. The Bertz CT molecular complexity index is 956. The molecule has 3 nitrogen and oxygen atoms in total. The van der Waals surface area contributed by atoms with Gasteiger partial charge >= 0.3 is 0 Å². The van der Waals surface area contributed by atoms with Crippen molar-refractivity contribution in [3.05, 3.63) is 47.0 Å². The molecular weight excluding hydrogens is 310 g/mol. The quantitative estimate of drug-likeness (QED) is 0.482. The molecule has 0 unspecified atom stereocenters. The van der Waals surface area contributed by atoms with Crippen LogP contribution >= 0.6 is 23.6 Å². The number of benzene rings is 2. The first kappa shape index (κ1) is 14.6. The second kappa shape index (κ2) is 5.78. The molecule has 0 aliphatic heterocycles. The predicted octanol–water partition coefficient (Wildman–Crippen LogP) is 5.19. The van der Waals surface area contributed by atoms with Crippen LogP contribution in [0.25, 0.3) is 20.8 Å². The number of rotatable bonds is 2. The van der Waals surface area contributed by atoms with E-state index in [0.29, 0.717) is 5.56 Å². The molecule has 0 N–H and O–H groups in total. The van der Waals surface area contributed by atoms with Gasteiger partial charge in [-0.25, -0.2) is 4.98 Å². The molecule has 0 saturated heterocycles. The molecule has 0 bridgehead atoms. The third kappa shape index (κ3) is 2.44. The van der Waals surface area contributed by atoms with Gasteiger partial charge in [-0.1, -0.05) is 0 Å². The molecule has 0 fully saturated rings. The maximum absolute atomic E-state index is 9.22. The lowest BCUT2D eigenvalue weighted by molar-refractivity contribution is 1.37. The van der Waals surface area contributed by atoms with Crippen molar-refractivity contribution in [2.45, 2.75) is 13.8 Å². The van der Waals surface area contributed by atoms with Gasteiger partial charge in [0.1, 0.15) is 5.01 Å². The second-order valence-corrected chi connectivity index (χ2v) is 6.11. The van der Waals surface area contributed by atoms with Crippen molar-refractivity contribution >= 4 is 44.6 Å². The van der Waals surface area contributed by atoms with Gasteiger partial charge in [0.2, 0.25) is 0 Å². The van der Waals surface area contributed by atoms with Gasteiger partial charge in [-0.2, -0.15) is 10.3 Å². The first-order valence-electron chi connectivity index (χ1n) is 6.63. The fraction of sp³-hybridized carbons (Fsp3) is 0.118. The summed E-state index contributed by atoms with van der Waals surface area (Å²) in [4.78, 5) is 8.68. The van der Waals surface area contributed by atoms with Crippen LogP contribution in [0.1, 0.15) is 16.7 Å². The Morgan fingerprint density at radius 1 is 1.23 bits per heavy atom. The van der Waals surface area contributed by atoms with Gasteiger partial charge in [-0.3, -0.25) is 0 Å². The van der Waals surface area contributed by atoms with E-state index in [-0.39, 0.29) is 0 Å². The minimum absolute atomic E-state index is 0.714. The summed E-state index contributed by atoms with van der Waals surface area (Å²) < 4.78 is 1.08. The van der Waals surface area contributed by atoms with Crippen LogP contribution in [-0.4, -0.2) is 10.1 Å². The van der Waals surface area contributed by atoms with Crippen molar-refractivity contribution in [2.75, 3.05) is 0 Å². The number of isothiocyanates is 1. The van der Waals surface area contributed by atoms with E-state index in [1.54, 1.807) is 11.3 Å². The van der Waals surface area contributed by atoms with E-state index in [1.807, 2.05) is 44.2 Å². The summed E-state index contributed by atoms with van der Waals surface area (Å²) in [5.74, 6) is 0. The standard InChI is InChI=1S/C17H11N3S2/c1-10-7-13(8-18)11(2)16-15(10)20-17(22-16)12-3-5-14(6-4-12)19-9-21/h3-7H,1-2H3. The summed E-state index contributed by atoms with van der Waals surface area (Å²) in [6, 6.07) is 11.9. The Balaban J connectivity index is 2.16. The van der Waals surface area contributed by atoms with Crippen LogP contribution in [0, 0.1) is 25.2 Å². The van der Waals surface area contributed by atoms with Crippen molar-refractivity contribution in [3.63, 3.8) is 0 Å². The Morgan fingerprint density at radius 2 is 1.95 bits per heavy atom. The van der Waals surface area contributed by atoms with Crippen LogP contribution in [0.5, 0.6) is 0 Å². The minimum atomic E-state index is 0.714. The number of aromatic nitrogens is 1. The average Bonchev–Trinajstić information content (AvgIpc) is 2.98. The van der Waals surface area contributed by atoms with E-state index < -0.39 is 0 Å². The van der Waals surface area contributed by atoms with Crippen LogP contribution in [0.15, 0.2) is 35.3 Å². The summed E-state index contributed by atoms with van der Waals surface area (Å²) in [6.07, 6.45) is 0. The van der Waals surface area contributed by atoms with E-state index in [2.05, 4.69) is 28.4 Å². The van der Waals surface area contributed by atoms with Gasteiger partial charge < -0.3 is 0 Å². The smallest absolute Gasteiger partial charge is 0.124 e. The number of thiazole rings is 1. The fourth-order valence-electron chi connectivity index (χ4n) is 2.33. The fourth-order valence-corrected chi connectivity index (χ4v) is 3.58. The van der Waals surface area contributed by atoms with Crippen molar-refractivity contribution < 1.29 is 0 Å². The highest BCUT2D eigenvalue weighted by atomic mass is 32.1. The molecule has 0 amide bonds. The van der Waals surface area contributed by atoms with Gasteiger partial charge in [0.15, 0.2) is 0 Å². The van der Waals surface area contributed by atoms with Gasteiger partial charge in [0, 0.05) is 5.56 Å². The summed E-state index contributed by atoms with van der Waals surface area (Å²) in [5, 5.41) is 12.5. The molecule has 0 radical (unpaired) electrons. The first-order chi connectivity index (χ1) is 10.6. The van der Waals surface area contributed by atoms with Gasteiger partial charge in [0.05, 0.1) is 32.7 Å². The highest BCUT2D eigenvalue weighted by Crippen LogP contribution is 2.35. The van der Waals surface area contributed by atoms with Crippen LogP contribution in [0.2, 0.25) is 0 Å². The van der Waals surface area contributed by atoms with Crippen molar-refractivity contribution in [1.29, 1.82) is 5.26 Å². The average molecular weight is 321 g/mol. The third-order valence-electron chi connectivity index (χ3n) is 3.52. The maximum atomic E-state index is 9.22. The summed E-state index contributed by atoms with van der Waals surface area (Å²) in [5.41, 5.74) is 5.51. The Morgan fingerprint density at radius 3 is 2.59 bits per heavy atom. The van der Waals surface area contributed by atoms with Crippen molar-refractivity contribution in [3.8, 4) is 16.6 Å². The maximum Gasteiger partial charge on any atom is 0.124 e. The van der Waals surface area contributed by atoms with Crippen LogP contribution < -0.4 is 0 Å². The molecule has 106 valence electrons. The number of aliphatic imine (C=N–C) groups is 1. The molecule has 1 aromatic heterocycles. The lowest BCUT2D eigenvalue weighted by atomic mass is 10.1. The molecule has 0 atom stereocenters. The number of hydrogen-bond acceptors (Lipinski definition) is 5. The molecular formula is C17H11N3S2. The van der Waals surface area contributed by atoms with Crippen molar-refractivity contribution in [2.24, 2.45) is 4.99 Å². The van der Waals surface area contributed by atoms with E-state index in [1.165, 1.54) is 0 Å². The Labute approximate surface area is 137 Å². The molecule has 22 heavy (non-hydrogen) atoms. The Kier molecular flexibility index (Phi) is 3.82. The number of aryl methyl sites for hydroxylation is 2. The van der Waals surface area contributed by atoms with Crippen molar-refractivity contribution in [1.82, 2.24) is 4.98 Å². The lowest BCUT2D eigenvalue weighted by Gasteiger charge is -2.00.